The third kappa shape index (κ3) is 6.71. The van der Waals surface area contributed by atoms with Crippen molar-refractivity contribution in [2.24, 2.45) is 11.3 Å². The van der Waals surface area contributed by atoms with Crippen LogP contribution in [0.15, 0.2) is 6.07 Å². The number of imidazole rings is 1. The number of aryl methyl sites for hydroxylation is 1. The summed E-state index contributed by atoms with van der Waals surface area (Å²) in [7, 11) is -2.45. The third-order valence-electron chi connectivity index (χ3n) is 8.50. The first kappa shape index (κ1) is 30.9. The Morgan fingerprint density at radius 1 is 1.05 bits per heavy atom. The zero-order chi connectivity index (χ0) is 29.6. The molecular formula is C30H50FN5O2Si2. The Morgan fingerprint density at radius 2 is 1.65 bits per heavy atom. The number of nitrogen functional groups attached to an aromatic ring is 1. The summed E-state index contributed by atoms with van der Waals surface area (Å²) < 4.78 is 31.5. The van der Waals surface area contributed by atoms with Gasteiger partial charge in [-0.25, -0.2) is 14.1 Å². The van der Waals surface area contributed by atoms with Crippen LogP contribution in [0.25, 0.3) is 22.6 Å². The maximum Gasteiger partial charge on any atom is 0.163 e. The van der Waals surface area contributed by atoms with E-state index in [1.165, 1.54) is 11.3 Å². The van der Waals surface area contributed by atoms with Crippen LogP contribution in [0.4, 0.5) is 10.1 Å². The monoisotopic (exact) mass is 587 g/mol. The van der Waals surface area contributed by atoms with Gasteiger partial charge in [0.25, 0.3) is 0 Å². The zero-order valence-electron chi connectivity index (χ0n) is 26.4. The van der Waals surface area contributed by atoms with E-state index in [0.717, 1.165) is 37.2 Å². The molecule has 0 unspecified atom stereocenters. The Hall–Kier alpha value is -2.02. The van der Waals surface area contributed by atoms with E-state index in [4.69, 9.17) is 25.3 Å². The molecule has 2 heterocycles. The predicted octanol–water partition coefficient (Wildman–Crippen LogP) is 7.32. The molecule has 1 atom stereocenters. The first-order chi connectivity index (χ1) is 18.5. The molecule has 1 aliphatic carbocycles. The lowest BCUT2D eigenvalue weighted by atomic mass is 9.69. The number of nitrogens with two attached hydrogens (primary N) is 1. The van der Waals surface area contributed by atoms with Crippen LogP contribution in [0, 0.1) is 24.1 Å². The number of nitrogens with zero attached hydrogens (tertiary/aromatic N) is 4. The molecule has 0 radical (unpaired) electrons. The Bertz CT molecular complexity index is 1370. The molecule has 0 aliphatic heterocycles. The van der Waals surface area contributed by atoms with Gasteiger partial charge in [-0.2, -0.15) is 5.10 Å². The Labute approximate surface area is 241 Å². The smallest absolute Gasteiger partial charge is 0.163 e. The van der Waals surface area contributed by atoms with Crippen molar-refractivity contribution in [3.63, 3.8) is 0 Å². The third-order valence-corrected chi connectivity index (χ3v) is 11.9. The number of benzene rings is 1. The number of ether oxygens (including phenoxy) is 2. The second kappa shape index (κ2) is 11.3. The van der Waals surface area contributed by atoms with Crippen molar-refractivity contribution in [3.8, 4) is 11.5 Å². The van der Waals surface area contributed by atoms with Gasteiger partial charge in [0, 0.05) is 46.2 Å². The van der Waals surface area contributed by atoms with Gasteiger partial charge in [0.2, 0.25) is 0 Å². The summed E-state index contributed by atoms with van der Waals surface area (Å²) in [6.07, 6.45) is 1.82. The fourth-order valence-corrected chi connectivity index (χ4v) is 6.80. The number of anilines is 1. The van der Waals surface area contributed by atoms with Gasteiger partial charge < -0.3 is 15.2 Å². The molecule has 3 aromatic rings. The van der Waals surface area contributed by atoms with Gasteiger partial charge in [0.05, 0.1) is 16.7 Å². The molecule has 2 aromatic heterocycles. The second-order valence-electron chi connectivity index (χ2n) is 14.9. The minimum Gasteiger partial charge on any atom is -0.396 e. The van der Waals surface area contributed by atoms with E-state index in [2.05, 4.69) is 60.1 Å². The van der Waals surface area contributed by atoms with Gasteiger partial charge >= 0.3 is 0 Å². The average Bonchev–Trinajstić information content (AvgIpc) is 3.34. The number of hydrogen-bond acceptors (Lipinski definition) is 5. The van der Waals surface area contributed by atoms with Crippen LogP contribution < -0.4 is 5.73 Å². The van der Waals surface area contributed by atoms with Gasteiger partial charge in [-0.05, 0) is 49.3 Å². The molecular weight excluding hydrogens is 538 g/mol. The molecule has 0 saturated carbocycles. The summed E-state index contributed by atoms with van der Waals surface area (Å²) in [5.41, 5.74) is 11.4. The lowest BCUT2D eigenvalue weighted by molar-refractivity contribution is 0.0732. The fourth-order valence-electron chi connectivity index (χ4n) is 5.29. The average molecular weight is 588 g/mol. The number of rotatable bonds is 11. The quantitative estimate of drug-likeness (QED) is 0.144. The molecule has 0 spiro atoms. The summed E-state index contributed by atoms with van der Waals surface area (Å²) in [4.78, 5) is 5.02. The first-order valence-corrected chi connectivity index (χ1v) is 22.1. The van der Waals surface area contributed by atoms with Crippen molar-refractivity contribution in [1.29, 1.82) is 0 Å². The van der Waals surface area contributed by atoms with Crippen molar-refractivity contribution in [1.82, 2.24) is 19.3 Å². The highest BCUT2D eigenvalue weighted by atomic mass is 28.3. The van der Waals surface area contributed by atoms with E-state index >= 15 is 4.39 Å². The molecule has 0 fully saturated rings. The van der Waals surface area contributed by atoms with E-state index < -0.39 is 22.0 Å². The van der Waals surface area contributed by atoms with Crippen molar-refractivity contribution in [2.75, 3.05) is 18.9 Å². The lowest BCUT2D eigenvalue weighted by Crippen LogP contribution is -2.32. The molecule has 7 nitrogen and oxygen atoms in total. The summed E-state index contributed by atoms with van der Waals surface area (Å²) in [5.74, 6) is 0.783. The van der Waals surface area contributed by atoms with Crippen LogP contribution in [-0.4, -0.2) is 48.7 Å². The van der Waals surface area contributed by atoms with Crippen LogP contribution in [0.1, 0.15) is 37.6 Å². The van der Waals surface area contributed by atoms with Crippen molar-refractivity contribution in [3.05, 3.63) is 28.7 Å². The van der Waals surface area contributed by atoms with E-state index in [0.29, 0.717) is 41.7 Å². The van der Waals surface area contributed by atoms with Crippen molar-refractivity contribution < 1.29 is 13.9 Å². The molecule has 40 heavy (non-hydrogen) atoms. The van der Waals surface area contributed by atoms with E-state index in [1.807, 2.05) is 9.25 Å². The Kier molecular flexibility index (Phi) is 8.77. The van der Waals surface area contributed by atoms with Crippen LogP contribution in [0.3, 0.4) is 0 Å². The summed E-state index contributed by atoms with van der Waals surface area (Å²) in [5, 5.41) is 5.14. The molecule has 2 N–H and O–H groups in total. The first-order valence-electron chi connectivity index (χ1n) is 14.7. The van der Waals surface area contributed by atoms with E-state index in [9.17, 15) is 0 Å². The number of fused-ring (bicyclic) bond motifs is 2. The number of halogens is 1. The molecule has 1 aromatic carbocycles. The largest absolute Gasteiger partial charge is 0.396 e. The SMILES string of the molecule is Cc1c(F)c(N)cc2nc(-c3nn(COCC[Si](C)(C)C)c4c3C[C@H](C)C(C)(C)C4)n(COCC[Si](C)(C)C)c12. The maximum atomic E-state index is 15.0. The minimum absolute atomic E-state index is 0.111. The Morgan fingerprint density at radius 3 is 2.25 bits per heavy atom. The molecule has 10 heteroatoms. The molecule has 4 rings (SSSR count). The molecule has 222 valence electrons. The van der Waals surface area contributed by atoms with Gasteiger partial charge in [-0.1, -0.05) is 60.1 Å². The second-order valence-corrected chi connectivity index (χ2v) is 26.1. The van der Waals surface area contributed by atoms with Gasteiger partial charge in [0.15, 0.2) is 11.6 Å². The predicted molar refractivity (Wildman–Crippen MR) is 169 cm³/mol. The maximum absolute atomic E-state index is 15.0. The topological polar surface area (TPSA) is 80.1 Å². The summed E-state index contributed by atoms with van der Waals surface area (Å²) >= 11 is 0. The van der Waals surface area contributed by atoms with Gasteiger partial charge in [-0.3, -0.25) is 4.57 Å². The highest BCUT2D eigenvalue weighted by Gasteiger charge is 2.37. The fraction of sp³-hybridized carbons (Fsp3) is 0.667. The summed E-state index contributed by atoms with van der Waals surface area (Å²) in [6.45, 7) is 25.0. The van der Waals surface area contributed by atoms with Crippen LogP contribution in [0.2, 0.25) is 51.4 Å². The summed E-state index contributed by atoms with van der Waals surface area (Å²) in [6, 6.07) is 3.80. The van der Waals surface area contributed by atoms with E-state index in [-0.39, 0.29) is 17.8 Å². The van der Waals surface area contributed by atoms with Crippen LogP contribution in [0.5, 0.6) is 0 Å². The number of hydrogen-bond donors (Lipinski definition) is 1. The normalized spacial score (nSPS) is 17.5. The van der Waals surface area contributed by atoms with E-state index in [1.54, 1.807) is 13.0 Å². The highest BCUT2D eigenvalue weighted by molar-refractivity contribution is 6.76. The van der Waals surface area contributed by atoms with Crippen molar-refractivity contribution in [2.45, 2.75) is 105 Å². The van der Waals surface area contributed by atoms with Crippen molar-refractivity contribution >= 4 is 32.9 Å². The van der Waals surface area contributed by atoms with Crippen LogP contribution >= 0.6 is 0 Å². The molecule has 0 amide bonds. The standard InChI is InChI=1S/C30H50FN5O2Si2/c1-20-15-22-25(17-30(20,3)4)36(19-38-12-14-40(8,9)10)34-27(22)29-33-24-16-23(32)26(31)21(2)28(24)35(29)18-37-11-13-39(5,6)7/h16,20H,11-15,17-19,32H2,1-10H3/t20-/m0/s1. The van der Waals surface area contributed by atoms with Crippen LogP contribution in [-0.2, 0) is 35.8 Å². The van der Waals surface area contributed by atoms with Gasteiger partial charge in [0.1, 0.15) is 19.2 Å². The molecule has 0 bridgehead atoms. The highest BCUT2D eigenvalue weighted by Crippen LogP contribution is 2.43. The lowest BCUT2D eigenvalue weighted by Gasteiger charge is -2.36. The minimum atomic E-state index is -1.26. The molecule has 0 saturated heterocycles. The number of aromatic nitrogens is 4. The van der Waals surface area contributed by atoms with Gasteiger partial charge in [-0.15, -0.1) is 0 Å². The Balaban J connectivity index is 1.79. The molecule has 1 aliphatic rings. The zero-order valence-corrected chi connectivity index (χ0v) is 28.4.